The quantitative estimate of drug-likeness (QED) is 0.227. The fourth-order valence-electron chi connectivity index (χ4n) is 5.35. The lowest BCUT2D eigenvalue weighted by Crippen LogP contribution is -2.24. The molecule has 1 aliphatic carbocycles. The number of nitrogens with two attached hydrogens (primary N) is 1. The Hall–Kier alpha value is -3.66. The molecule has 7 nitrogen and oxygen atoms in total. The number of fused-ring (bicyclic) bond motifs is 1. The molecule has 1 aromatic carbocycles. The minimum Gasteiger partial charge on any atom is -0.399 e. The van der Waals surface area contributed by atoms with Crippen LogP contribution in [0.25, 0.3) is 0 Å². The van der Waals surface area contributed by atoms with Gasteiger partial charge in [0.25, 0.3) is 0 Å². The Morgan fingerprint density at radius 1 is 1.23 bits per heavy atom. The summed E-state index contributed by atoms with van der Waals surface area (Å²) in [5.41, 5.74) is 8.58. The predicted molar refractivity (Wildman–Crippen MR) is 150 cm³/mol. The topological polar surface area (TPSA) is 105 Å². The molecule has 2 aromatic rings. The van der Waals surface area contributed by atoms with E-state index in [1.54, 1.807) is 13.0 Å². The van der Waals surface area contributed by atoms with Crippen LogP contribution in [0.4, 0.5) is 24.7 Å². The number of rotatable bonds is 5. The van der Waals surface area contributed by atoms with E-state index < -0.39 is 17.8 Å². The van der Waals surface area contributed by atoms with Crippen LogP contribution in [0.5, 0.6) is 0 Å². The fraction of sp³-hybridized carbons (Fsp3) is 0.379. The molecular weight excluding hydrogens is 541 g/mol. The Morgan fingerprint density at radius 3 is 2.85 bits per heavy atom. The highest BCUT2D eigenvalue weighted by Gasteiger charge is 2.32. The number of aliphatic imine (C=N–C) groups is 1. The molecule has 0 bridgehead atoms. The van der Waals surface area contributed by atoms with E-state index in [1.807, 2.05) is 18.4 Å². The number of halogens is 4. The number of nitrogen functional groups attached to an aromatic ring is 1. The van der Waals surface area contributed by atoms with E-state index in [1.165, 1.54) is 6.07 Å². The SMILES string of the molecule is C[C@@H](Nc1nc(Cl)nc2c1CC(=CC(=O)C1CCCCNC3=C1C=CCC=N3)C2)c1cc(N)cc(C(F)(F)F)c1. The Kier molecular flexibility index (Phi) is 7.98. The zero-order valence-corrected chi connectivity index (χ0v) is 22.7. The van der Waals surface area contributed by atoms with Crippen LogP contribution in [-0.4, -0.2) is 28.5 Å². The molecule has 0 saturated carbocycles. The van der Waals surface area contributed by atoms with Gasteiger partial charge in [-0.05, 0) is 67.6 Å². The maximum Gasteiger partial charge on any atom is 0.416 e. The molecule has 5 rings (SSSR count). The second kappa shape index (κ2) is 11.4. The first-order chi connectivity index (χ1) is 19.1. The van der Waals surface area contributed by atoms with Crippen molar-refractivity contribution in [2.75, 3.05) is 17.6 Å². The lowest BCUT2D eigenvalue weighted by atomic mass is 9.86. The van der Waals surface area contributed by atoms with E-state index in [0.717, 1.165) is 60.5 Å². The molecule has 0 saturated heterocycles. The Balaban J connectivity index is 1.39. The van der Waals surface area contributed by atoms with Crippen molar-refractivity contribution in [2.45, 2.75) is 57.7 Å². The summed E-state index contributed by atoms with van der Waals surface area (Å²) in [6.45, 7) is 2.55. The van der Waals surface area contributed by atoms with Gasteiger partial charge in [-0.15, -0.1) is 0 Å². The first kappa shape index (κ1) is 27.9. The third-order valence-electron chi connectivity index (χ3n) is 7.33. The number of ketones is 1. The molecule has 1 unspecified atom stereocenters. The smallest absolute Gasteiger partial charge is 0.399 e. The van der Waals surface area contributed by atoms with Crippen LogP contribution in [0, 0.1) is 5.92 Å². The first-order valence-corrected chi connectivity index (χ1v) is 13.7. The number of hydrogen-bond acceptors (Lipinski definition) is 7. The van der Waals surface area contributed by atoms with Gasteiger partial charge < -0.3 is 16.4 Å². The Labute approximate surface area is 235 Å². The minimum absolute atomic E-state index is 0.0159. The van der Waals surface area contributed by atoms with Crippen molar-refractivity contribution in [1.29, 1.82) is 0 Å². The lowest BCUT2D eigenvalue weighted by molar-refractivity contribution is -0.137. The van der Waals surface area contributed by atoms with E-state index in [-0.39, 0.29) is 22.7 Å². The summed E-state index contributed by atoms with van der Waals surface area (Å²) >= 11 is 6.22. The van der Waals surface area contributed by atoms with Crippen LogP contribution in [0.1, 0.15) is 61.0 Å². The molecule has 0 spiro atoms. The average Bonchev–Trinajstić information content (AvgIpc) is 3.13. The van der Waals surface area contributed by atoms with Crippen molar-refractivity contribution in [3.8, 4) is 0 Å². The highest BCUT2D eigenvalue weighted by atomic mass is 35.5. The van der Waals surface area contributed by atoms with E-state index in [4.69, 9.17) is 17.3 Å². The largest absolute Gasteiger partial charge is 0.416 e. The van der Waals surface area contributed by atoms with Gasteiger partial charge in [-0.2, -0.15) is 13.2 Å². The van der Waals surface area contributed by atoms with Gasteiger partial charge in [0.15, 0.2) is 5.78 Å². The molecule has 2 atom stereocenters. The molecule has 4 N–H and O–H groups in total. The van der Waals surface area contributed by atoms with Crippen molar-refractivity contribution < 1.29 is 18.0 Å². The van der Waals surface area contributed by atoms with E-state index >= 15 is 0 Å². The van der Waals surface area contributed by atoms with Crippen molar-refractivity contribution >= 4 is 35.1 Å². The second-order valence-electron chi connectivity index (χ2n) is 10.3. The van der Waals surface area contributed by atoms with Gasteiger partial charge >= 0.3 is 6.18 Å². The third-order valence-corrected chi connectivity index (χ3v) is 7.50. The van der Waals surface area contributed by atoms with Crippen LogP contribution in [-0.2, 0) is 23.8 Å². The number of aromatic nitrogens is 2. The molecular formula is C29H30ClF3N6O. The molecule has 1 aromatic heterocycles. The van der Waals surface area contributed by atoms with Crippen LogP contribution < -0.4 is 16.4 Å². The summed E-state index contributed by atoms with van der Waals surface area (Å²) in [7, 11) is 0. The Bertz CT molecular complexity index is 1450. The number of allylic oxidation sites excluding steroid dienone is 5. The predicted octanol–water partition coefficient (Wildman–Crippen LogP) is 6.13. The summed E-state index contributed by atoms with van der Waals surface area (Å²) in [5.74, 6) is 0.898. The monoisotopic (exact) mass is 570 g/mol. The van der Waals surface area contributed by atoms with Gasteiger partial charge in [0.05, 0.1) is 23.2 Å². The van der Waals surface area contributed by atoms with Crippen molar-refractivity contribution in [3.05, 3.63) is 81.1 Å². The summed E-state index contributed by atoms with van der Waals surface area (Å²) in [5, 5.41) is 6.57. The maximum atomic E-state index is 13.6. The van der Waals surface area contributed by atoms with Gasteiger partial charge in [-0.25, -0.2) is 15.0 Å². The molecule has 3 heterocycles. The molecule has 0 amide bonds. The maximum absolute atomic E-state index is 13.6. The summed E-state index contributed by atoms with van der Waals surface area (Å²) in [6, 6.07) is 2.93. The number of carbonyl (C=O) groups excluding carboxylic acids is 1. The molecule has 210 valence electrons. The summed E-state index contributed by atoms with van der Waals surface area (Å²) in [6.07, 6.45) is 7.26. The summed E-state index contributed by atoms with van der Waals surface area (Å²) < 4.78 is 40.0. The number of benzene rings is 1. The molecule has 0 fully saturated rings. The fourth-order valence-corrected chi connectivity index (χ4v) is 5.54. The molecule has 2 aliphatic heterocycles. The normalized spacial score (nSPS) is 20.7. The third kappa shape index (κ3) is 6.22. The number of nitrogens with zero attached hydrogens (tertiary/aromatic N) is 3. The van der Waals surface area contributed by atoms with E-state index in [9.17, 15) is 18.0 Å². The highest BCUT2D eigenvalue weighted by molar-refractivity contribution is 6.28. The molecule has 3 aliphatic rings. The minimum atomic E-state index is -4.52. The number of carbonyl (C=O) groups is 1. The Morgan fingerprint density at radius 2 is 2.05 bits per heavy atom. The van der Waals surface area contributed by atoms with Crippen molar-refractivity contribution in [1.82, 2.24) is 15.3 Å². The zero-order valence-electron chi connectivity index (χ0n) is 22.0. The highest BCUT2D eigenvalue weighted by Crippen LogP contribution is 2.36. The molecule has 11 heteroatoms. The van der Waals surface area contributed by atoms with Crippen LogP contribution in [0.2, 0.25) is 5.28 Å². The van der Waals surface area contributed by atoms with Crippen LogP contribution in [0.3, 0.4) is 0 Å². The zero-order chi connectivity index (χ0) is 28.4. The average molecular weight is 571 g/mol. The number of alkyl halides is 3. The van der Waals surface area contributed by atoms with Crippen LogP contribution >= 0.6 is 11.6 Å². The number of nitrogens with one attached hydrogen (secondary N) is 2. The lowest BCUT2D eigenvalue weighted by Gasteiger charge is -2.22. The number of anilines is 2. The summed E-state index contributed by atoms with van der Waals surface area (Å²) in [4.78, 5) is 26.8. The molecule has 0 radical (unpaired) electrons. The van der Waals surface area contributed by atoms with Gasteiger partial charge in [0.1, 0.15) is 11.6 Å². The standard InChI is InChI=1S/C29H30ClF3N6O/c1-16(18-13-19(29(31,32)33)15-20(34)14-18)37-27-23-10-17(11-24(23)38-28(30)39-27)12-25(40)21-6-2-4-8-35-26-22(21)7-3-5-9-36-26/h3,7,9,12-16,21,35H,2,4-6,8,10-11,34H2,1H3,(H,37,38,39)/t16-,21?/m1/s1. The van der Waals surface area contributed by atoms with E-state index in [2.05, 4.69) is 25.6 Å². The number of hydrogen-bond donors (Lipinski definition) is 3. The first-order valence-electron chi connectivity index (χ1n) is 13.3. The van der Waals surface area contributed by atoms with Crippen molar-refractivity contribution in [2.24, 2.45) is 10.9 Å². The van der Waals surface area contributed by atoms with Gasteiger partial charge in [0.2, 0.25) is 5.28 Å². The second-order valence-corrected chi connectivity index (χ2v) is 10.6. The van der Waals surface area contributed by atoms with Gasteiger partial charge in [-0.3, -0.25) is 4.79 Å². The van der Waals surface area contributed by atoms with E-state index in [0.29, 0.717) is 36.3 Å². The van der Waals surface area contributed by atoms with Gasteiger partial charge in [-0.1, -0.05) is 24.1 Å². The van der Waals surface area contributed by atoms with Crippen molar-refractivity contribution in [3.63, 3.8) is 0 Å². The molecule has 40 heavy (non-hydrogen) atoms. The van der Waals surface area contributed by atoms with Crippen LogP contribution in [0.15, 0.2) is 58.4 Å². The van der Waals surface area contributed by atoms with Gasteiger partial charge in [0, 0.05) is 42.4 Å².